The Morgan fingerprint density at radius 3 is 2.69 bits per heavy atom. The molecule has 3 amide bonds. The van der Waals surface area contributed by atoms with Gasteiger partial charge < -0.3 is 0 Å². The maximum Gasteiger partial charge on any atom is 0.261 e. The highest BCUT2D eigenvalue weighted by molar-refractivity contribution is 6.21. The van der Waals surface area contributed by atoms with E-state index in [0.29, 0.717) is 11.1 Å². The van der Waals surface area contributed by atoms with Crippen molar-refractivity contribution in [2.75, 3.05) is 12.0 Å². The smallest absolute Gasteiger partial charge is 0.261 e. The van der Waals surface area contributed by atoms with E-state index in [-0.39, 0.29) is 30.7 Å². The number of aromatic nitrogens is 2. The van der Waals surface area contributed by atoms with E-state index in [9.17, 15) is 14.4 Å². The molecule has 3 aromatic rings. The van der Waals surface area contributed by atoms with E-state index >= 15 is 0 Å². The van der Waals surface area contributed by atoms with Crippen molar-refractivity contribution in [1.29, 1.82) is 0 Å². The minimum atomic E-state index is -0.356. The van der Waals surface area contributed by atoms with Gasteiger partial charge in [-0.25, -0.2) is 9.66 Å². The van der Waals surface area contributed by atoms with Crippen molar-refractivity contribution in [1.82, 2.24) is 14.6 Å². The highest BCUT2D eigenvalue weighted by Gasteiger charge is 2.35. The lowest BCUT2D eigenvalue weighted by Gasteiger charge is -2.14. The Labute approximate surface area is 149 Å². The summed E-state index contributed by atoms with van der Waals surface area (Å²) in [5.74, 6) is -1.01. The molecule has 4 rings (SSSR count). The number of rotatable bonds is 4. The fourth-order valence-corrected chi connectivity index (χ4v) is 3.06. The molecule has 2 heterocycles. The number of fused-ring (bicyclic) bond motifs is 2. The van der Waals surface area contributed by atoms with Crippen molar-refractivity contribution < 1.29 is 14.4 Å². The van der Waals surface area contributed by atoms with Crippen LogP contribution in [-0.2, 0) is 4.79 Å². The highest BCUT2D eigenvalue weighted by atomic mass is 16.2. The van der Waals surface area contributed by atoms with E-state index in [4.69, 9.17) is 0 Å². The first-order chi connectivity index (χ1) is 12.5. The third-order valence-electron chi connectivity index (χ3n) is 4.39. The predicted molar refractivity (Wildman–Crippen MR) is 95.3 cm³/mol. The van der Waals surface area contributed by atoms with E-state index < -0.39 is 0 Å². The molecule has 0 unspecified atom stereocenters. The number of hydrogen-bond acceptors (Lipinski definition) is 4. The molecule has 7 nitrogen and oxygen atoms in total. The van der Waals surface area contributed by atoms with E-state index in [1.165, 1.54) is 11.0 Å². The number of nitrogens with one attached hydrogen (secondary N) is 1. The first kappa shape index (κ1) is 16.0. The molecule has 0 radical (unpaired) electrons. The zero-order valence-electron chi connectivity index (χ0n) is 14.1. The number of carbonyl (C=O) groups excluding carboxylic acids is 3. The average molecular weight is 348 g/mol. The normalized spacial score (nSPS) is 13.3. The molecule has 0 spiro atoms. The van der Waals surface area contributed by atoms with Crippen LogP contribution in [0.3, 0.4) is 0 Å². The van der Waals surface area contributed by atoms with Gasteiger partial charge in [-0.05, 0) is 31.2 Å². The van der Waals surface area contributed by atoms with Crippen molar-refractivity contribution in [3.8, 4) is 0 Å². The first-order valence-electron chi connectivity index (χ1n) is 8.23. The number of benzene rings is 2. The molecule has 1 aliphatic rings. The van der Waals surface area contributed by atoms with E-state index in [0.717, 1.165) is 21.5 Å². The topological polar surface area (TPSA) is 84.3 Å². The van der Waals surface area contributed by atoms with Gasteiger partial charge in [0.15, 0.2) is 0 Å². The van der Waals surface area contributed by atoms with Gasteiger partial charge in [0.2, 0.25) is 5.91 Å². The van der Waals surface area contributed by atoms with Crippen LogP contribution in [0.4, 0.5) is 0 Å². The number of hydrogen-bond donors (Lipinski definition) is 1. The van der Waals surface area contributed by atoms with Gasteiger partial charge in [0.1, 0.15) is 6.33 Å². The maximum atomic E-state index is 12.4. The molecule has 0 bridgehead atoms. The second-order valence-corrected chi connectivity index (χ2v) is 6.20. The fourth-order valence-electron chi connectivity index (χ4n) is 3.06. The van der Waals surface area contributed by atoms with Gasteiger partial charge in [-0.3, -0.25) is 24.7 Å². The van der Waals surface area contributed by atoms with Crippen LogP contribution in [0, 0.1) is 6.92 Å². The van der Waals surface area contributed by atoms with Crippen LogP contribution in [0.5, 0.6) is 0 Å². The van der Waals surface area contributed by atoms with Crippen molar-refractivity contribution in [2.24, 2.45) is 0 Å². The number of imide groups is 1. The molecule has 1 aromatic heterocycles. The second-order valence-electron chi connectivity index (χ2n) is 6.20. The number of imidazole rings is 1. The van der Waals surface area contributed by atoms with Crippen LogP contribution in [0.15, 0.2) is 48.8 Å². The third kappa shape index (κ3) is 2.63. The van der Waals surface area contributed by atoms with Gasteiger partial charge in [0.05, 0.1) is 22.2 Å². The van der Waals surface area contributed by atoms with Gasteiger partial charge in [0.25, 0.3) is 11.8 Å². The first-order valence-corrected chi connectivity index (χ1v) is 8.23. The van der Waals surface area contributed by atoms with E-state index in [1.807, 2.05) is 31.2 Å². The molecule has 26 heavy (non-hydrogen) atoms. The summed E-state index contributed by atoms with van der Waals surface area (Å²) in [5, 5.41) is 0. The van der Waals surface area contributed by atoms with Crippen LogP contribution in [0.1, 0.15) is 32.7 Å². The largest absolute Gasteiger partial charge is 0.274 e. The standard InChI is InChI=1S/C19H16N4O3/c1-12-6-7-13-14(10-12)19(26)22(18(13)25)9-8-17(24)21-23-11-20-15-4-2-3-5-16(15)23/h2-7,10-11H,8-9H2,1H3,(H,21,24). The predicted octanol–water partition coefficient (Wildman–Crippen LogP) is 2.10. The molecule has 130 valence electrons. The van der Waals surface area contributed by atoms with Crippen molar-refractivity contribution in [3.05, 3.63) is 65.5 Å². The summed E-state index contributed by atoms with van der Waals surface area (Å²) >= 11 is 0. The molecule has 0 atom stereocenters. The molecular weight excluding hydrogens is 332 g/mol. The van der Waals surface area contributed by atoms with E-state index in [2.05, 4.69) is 10.4 Å². The minimum Gasteiger partial charge on any atom is -0.274 e. The average Bonchev–Trinajstić information content (AvgIpc) is 3.13. The van der Waals surface area contributed by atoms with Crippen LogP contribution in [-0.4, -0.2) is 38.8 Å². The summed E-state index contributed by atoms with van der Waals surface area (Å²) in [7, 11) is 0. The summed E-state index contributed by atoms with van der Waals surface area (Å²) < 4.78 is 1.53. The minimum absolute atomic E-state index is 0.0109. The Morgan fingerprint density at radius 2 is 1.85 bits per heavy atom. The van der Waals surface area contributed by atoms with Crippen LogP contribution >= 0.6 is 0 Å². The van der Waals surface area contributed by atoms with Gasteiger partial charge in [0, 0.05) is 13.0 Å². The fraction of sp³-hybridized carbons (Fsp3) is 0.158. The van der Waals surface area contributed by atoms with Gasteiger partial charge in [-0.1, -0.05) is 23.8 Å². The highest BCUT2D eigenvalue weighted by Crippen LogP contribution is 2.24. The van der Waals surface area contributed by atoms with Crippen LogP contribution in [0.2, 0.25) is 0 Å². The molecule has 1 N–H and O–H groups in total. The van der Waals surface area contributed by atoms with Crippen molar-refractivity contribution in [3.63, 3.8) is 0 Å². The summed E-state index contributed by atoms with van der Waals surface area (Å²) in [5.41, 5.74) is 5.96. The zero-order valence-corrected chi connectivity index (χ0v) is 14.1. The zero-order chi connectivity index (χ0) is 18.3. The monoisotopic (exact) mass is 348 g/mol. The Morgan fingerprint density at radius 1 is 1.08 bits per heavy atom. The quantitative estimate of drug-likeness (QED) is 0.732. The number of aryl methyl sites for hydroxylation is 1. The van der Waals surface area contributed by atoms with Crippen LogP contribution < -0.4 is 5.43 Å². The number of amides is 3. The molecule has 0 fully saturated rings. The molecule has 0 aliphatic carbocycles. The Bertz CT molecular complexity index is 1050. The maximum absolute atomic E-state index is 12.4. The molecular formula is C19H16N4O3. The number of nitrogens with zero attached hydrogens (tertiary/aromatic N) is 3. The summed E-state index contributed by atoms with van der Waals surface area (Å²) in [6, 6.07) is 12.6. The Hall–Kier alpha value is -3.48. The molecule has 1 aliphatic heterocycles. The third-order valence-corrected chi connectivity index (χ3v) is 4.39. The van der Waals surface area contributed by atoms with Gasteiger partial charge in [-0.15, -0.1) is 0 Å². The summed E-state index contributed by atoms with van der Waals surface area (Å²) in [6.07, 6.45) is 1.53. The second kappa shape index (κ2) is 6.11. The van der Waals surface area contributed by atoms with Crippen LogP contribution in [0.25, 0.3) is 11.0 Å². The molecule has 0 saturated carbocycles. The molecule has 7 heteroatoms. The number of para-hydroxylation sites is 2. The lowest BCUT2D eigenvalue weighted by Crippen LogP contribution is -2.34. The molecule has 2 aromatic carbocycles. The van der Waals surface area contributed by atoms with Crippen molar-refractivity contribution in [2.45, 2.75) is 13.3 Å². The SMILES string of the molecule is Cc1ccc2c(c1)C(=O)N(CCC(=O)Nn1cnc3ccccc31)C2=O. The van der Waals surface area contributed by atoms with E-state index in [1.54, 1.807) is 18.2 Å². The Balaban J connectivity index is 1.44. The lowest BCUT2D eigenvalue weighted by atomic mass is 10.1. The lowest BCUT2D eigenvalue weighted by molar-refractivity contribution is -0.117. The van der Waals surface area contributed by atoms with Gasteiger partial charge >= 0.3 is 0 Å². The Kier molecular flexibility index (Phi) is 3.76. The van der Waals surface area contributed by atoms with Gasteiger partial charge in [-0.2, -0.15) is 0 Å². The molecule has 0 saturated heterocycles. The van der Waals surface area contributed by atoms with Crippen molar-refractivity contribution >= 4 is 28.8 Å². The summed E-state index contributed by atoms with van der Waals surface area (Å²) in [6.45, 7) is 1.90. The summed E-state index contributed by atoms with van der Waals surface area (Å²) in [4.78, 5) is 42.4. The number of carbonyl (C=O) groups is 3.